The molecule has 0 unspecified atom stereocenters. The number of nitrogens with zero attached hydrogens (tertiary/aromatic N) is 2. The summed E-state index contributed by atoms with van der Waals surface area (Å²) in [5, 5.41) is 2.93. The number of rotatable bonds is 8. The number of likely N-dealkylation sites (N-methyl/N-ethyl adjacent to an activating group) is 2. The van der Waals surface area contributed by atoms with Gasteiger partial charge in [-0.2, -0.15) is 0 Å². The summed E-state index contributed by atoms with van der Waals surface area (Å²) in [5.41, 5.74) is 2.41. The zero-order chi connectivity index (χ0) is 16.8. The van der Waals surface area contributed by atoms with E-state index in [9.17, 15) is 9.59 Å². The molecular formula is C18H27N3O2. The van der Waals surface area contributed by atoms with Gasteiger partial charge in [0.1, 0.15) is 0 Å². The predicted molar refractivity (Wildman–Crippen MR) is 91.0 cm³/mol. The fourth-order valence-electron chi connectivity index (χ4n) is 2.40. The Morgan fingerprint density at radius 3 is 2.26 bits per heavy atom. The smallest absolute Gasteiger partial charge is 0.236 e. The van der Waals surface area contributed by atoms with Gasteiger partial charge in [-0.05, 0) is 37.4 Å². The monoisotopic (exact) mass is 317 g/mol. The van der Waals surface area contributed by atoms with Crippen LogP contribution in [0.15, 0.2) is 24.3 Å². The first kappa shape index (κ1) is 17.5. The van der Waals surface area contributed by atoms with Crippen molar-refractivity contribution in [2.75, 3.05) is 27.2 Å². The lowest BCUT2D eigenvalue weighted by atomic mass is 10.1. The quantitative estimate of drug-likeness (QED) is 0.789. The van der Waals surface area contributed by atoms with Gasteiger partial charge >= 0.3 is 0 Å². The van der Waals surface area contributed by atoms with Gasteiger partial charge in [0.05, 0.1) is 13.1 Å². The third-order valence-electron chi connectivity index (χ3n) is 4.04. The van der Waals surface area contributed by atoms with Crippen molar-refractivity contribution in [2.24, 2.45) is 0 Å². The van der Waals surface area contributed by atoms with E-state index in [4.69, 9.17) is 0 Å². The van der Waals surface area contributed by atoms with E-state index in [1.54, 1.807) is 23.9 Å². The summed E-state index contributed by atoms with van der Waals surface area (Å²) in [6, 6.07) is 8.69. The Balaban J connectivity index is 1.75. The van der Waals surface area contributed by atoms with Crippen LogP contribution in [0.3, 0.4) is 0 Å². The molecule has 1 aliphatic rings. The molecule has 0 atom stereocenters. The SMILES string of the molecule is CCc1ccc(CN(C)C(=O)CN(C)CC(=O)NC2CC2)cc1. The van der Waals surface area contributed by atoms with E-state index in [2.05, 4.69) is 36.5 Å². The van der Waals surface area contributed by atoms with Crippen molar-refractivity contribution in [3.05, 3.63) is 35.4 Å². The van der Waals surface area contributed by atoms with Crippen LogP contribution in [-0.2, 0) is 22.6 Å². The Bertz CT molecular complexity index is 538. The fourth-order valence-corrected chi connectivity index (χ4v) is 2.40. The molecule has 0 aliphatic heterocycles. The van der Waals surface area contributed by atoms with Crippen LogP contribution in [0.5, 0.6) is 0 Å². The van der Waals surface area contributed by atoms with E-state index >= 15 is 0 Å². The van der Waals surface area contributed by atoms with E-state index in [1.807, 2.05) is 0 Å². The molecule has 0 saturated heterocycles. The van der Waals surface area contributed by atoms with E-state index in [0.29, 0.717) is 12.6 Å². The molecule has 1 saturated carbocycles. The largest absolute Gasteiger partial charge is 0.352 e. The molecule has 5 nitrogen and oxygen atoms in total. The van der Waals surface area contributed by atoms with E-state index in [1.165, 1.54) is 5.56 Å². The van der Waals surface area contributed by atoms with Gasteiger partial charge in [-0.1, -0.05) is 31.2 Å². The molecule has 1 aromatic carbocycles. The summed E-state index contributed by atoms with van der Waals surface area (Å²) in [6.07, 6.45) is 3.17. The van der Waals surface area contributed by atoms with Gasteiger partial charge in [-0.25, -0.2) is 0 Å². The number of nitrogens with one attached hydrogen (secondary N) is 1. The molecule has 2 amide bonds. The van der Waals surface area contributed by atoms with Crippen LogP contribution in [0, 0.1) is 0 Å². The zero-order valence-electron chi connectivity index (χ0n) is 14.3. The van der Waals surface area contributed by atoms with Gasteiger partial charge < -0.3 is 10.2 Å². The fraction of sp³-hybridized carbons (Fsp3) is 0.556. The first-order valence-corrected chi connectivity index (χ1v) is 8.27. The normalized spacial score (nSPS) is 13.9. The maximum atomic E-state index is 12.2. The number of hydrogen-bond acceptors (Lipinski definition) is 3. The Hall–Kier alpha value is -1.88. The lowest BCUT2D eigenvalue weighted by Crippen LogP contribution is -2.41. The molecule has 0 bridgehead atoms. The van der Waals surface area contributed by atoms with Crippen LogP contribution in [-0.4, -0.2) is 54.8 Å². The minimum Gasteiger partial charge on any atom is -0.352 e. The standard InChI is InChI=1S/C18H27N3O2/c1-4-14-5-7-15(8-6-14)11-21(3)18(23)13-20(2)12-17(22)19-16-9-10-16/h5-8,16H,4,9-13H2,1-3H3,(H,19,22). The highest BCUT2D eigenvalue weighted by molar-refractivity contribution is 5.81. The molecule has 0 heterocycles. The predicted octanol–water partition coefficient (Wildman–Crippen LogP) is 1.42. The van der Waals surface area contributed by atoms with Crippen molar-refractivity contribution in [3.63, 3.8) is 0 Å². The van der Waals surface area contributed by atoms with Crippen molar-refractivity contribution < 1.29 is 9.59 Å². The van der Waals surface area contributed by atoms with Crippen molar-refractivity contribution >= 4 is 11.8 Å². The second-order valence-corrected chi connectivity index (χ2v) is 6.43. The highest BCUT2D eigenvalue weighted by Gasteiger charge is 2.24. The first-order valence-electron chi connectivity index (χ1n) is 8.27. The molecule has 1 aromatic rings. The van der Waals surface area contributed by atoms with Crippen molar-refractivity contribution in [1.82, 2.24) is 15.1 Å². The third kappa shape index (κ3) is 6.02. The van der Waals surface area contributed by atoms with Gasteiger partial charge in [-0.3, -0.25) is 14.5 Å². The second kappa shape index (κ2) is 8.11. The third-order valence-corrected chi connectivity index (χ3v) is 4.04. The molecule has 5 heteroatoms. The molecule has 126 valence electrons. The highest BCUT2D eigenvalue weighted by Crippen LogP contribution is 2.18. The van der Waals surface area contributed by atoms with Crippen LogP contribution in [0.1, 0.15) is 30.9 Å². The van der Waals surface area contributed by atoms with Crippen molar-refractivity contribution in [3.8, 4) is 0 Å². The highest BCUT2D eigenvalue weighted by atomic mass is 16.2. The summed E-state index contributed by atoms with van der Waals surface area (Å²) >= 11 is 0. The maximum Gasteiger partial charge on any atom is 0.236 e. The maximum absolute atomic E-state index is 12.2. The van der Waals surface area contributed by atoms with E-state index in [0.717, 1.165) is 24.8 Å². The average Bonchev–Trinajstić information content (AvgIpc) is 3.31. The number of carbonyl (C=O) groups excluding carboxylic acids is 2. The Morgan fingerprint density at radius 1 is 1.09 bits per heavy atom. The summed E-state index contributed by atoms with van der Waals surface area (Å²) < 4.78 is 0. The zero-order valence-corrected chi connectivity index (χ0v) is 14.3. The lowest BCUT2D eigenvalue weighted by Gasteiger charge is -2.22. The minimum atomic E-state index is 0.000562. The van der Waals surface area contributed by atoms with Crippen LogP contribution in [0.2, 0.25) is 0 Å². The number of amides is 2. The van der Waals surface area contributed by atoms with Gasteiger partial charge in [0, 0.05) is 19.6 Å². The van der Waals surface area contributed by atoms with Crippen LogP contribution in [0.25, 0.3) is 0 Å². The summed E-state index contributed by atoms with van der Waals surface area (Å²) in [7, 11) is 3.60. The molecule has 0 aromatic heterocycles. The second-order valence-electron chi connectivity index (χ2n) is 6.43. The molecule has 1 N–H and O–H groups in total. The molecule has 2 rings (SSSR count). The van der Waals surface area contributed by atoms with Gasteiger partial charge in [0.2, 0.25) is 11.8 Å². The van der Waals surface area contributed by atoms with Crippen LogP contribution in [0.4, 0.5) is 0 Å². The number of hydrogen-bond donors (Lipinski definition) is 1. The molecule has 23 heavy (non-hydrogen) atoms. The number of carbonyl (C=O) groups is 2. The molecule has 0 spiro atoms. The minimum absolute atomic E-state index is 0.000562. The first-order chi connectivity index (χ1) is 11.0. The Labute approximate surface area is 138 Å². The van der Waals surface area contributed by atoms with Gasteiger partial charge in [0.15, 0.2) is 0 Å². The van der Waals surface area contributed by atoms with E-state index in [-0.39, 0.29) is 24.9 Å². The number of benzene rings is 1. The number of aryl methyl sites for hydroxylation is 1. The molecular weight excluding hydrogens is 290 g/mol. The lowest BCUT2D eigenvalue weighted by molar-refractivity contribution is -0.132. The molecule has 1 aliphatic carbocycles. The summed E-state index contributed by atoms with van der Waals surface area (Å²) in [4.78, 5) is 27.4. The Morgan fingerprint density at radius 2 is 1.70 bits per heavy atom. The van der Waals surface area contributed by atoms with Crippen molar-refractivity contribution in [2.45, 2.75) is 38.8 Å². The van der Waals surface area contributed by atoms with Gasteiger partial charge in [-0.15, -0.1) is 0 Å². The summed E-state index contributed by atoms with van der Waals surface area (Å²) in [5.74, 6) is 0.0203. The van der Waals surface area contributed by atoms with Crippen molar-refractivity contribution in [1.29, 1.82) is 0 Å². The molecule has 1 fully saturated rings. The summed E-state index contributed by atoms with van der Waals surface area (Å²) in [6.45, 7) is 3.23. The topological polar surface area (TPSA) is 52.7 Å². The van der Waals surface area contributed by atoms with Crippen LogP contribution < -0.4 is 5.32 Å². The Kier molecular flexibility index (Phi) is 6.16. The van der Waals surface area contributed by atoms with E-state index < -0.39 is 0 Å². The average molecular weight is 317 g/mol. The van der Waals surface area contributed by atoms with Gasteiger partial charge in [0.25, 0.3) is 0 Å². The molecule has 0 radical (unpaired) electrons. The van der Waals surface area contributed by atoms with Crippen LogP contribution >= 0.6 is 0 Å².